The molecule has 2 N–H and O–H groups in total. The number of halogens is 1. The summed E-state index contributed by atoms with van der Waals surface area (Å²) in [5.41, 5.74) is 5.19. The maximum absolute atomic E-state index is 9.38. The lowest BCUT2D eigenvalue weighted by molar-refractivity contribution is 0.475. The maximum atomic E-state index is 9.38. The first-order valence-electron chi connectivity index (χ1n) is 6.77. The van der Waals surface area contributed by atoms with E-state index in [1.165, 1.54) is 3.57 Å². The van der Waals surface area contributed by atoms with Crippen LogP contribution in [0.3, 0.4) is 0 Å². The van der Waals surface area contributed by atoms with Crippen LogP contribution in [0, 0.1) is 3.57 Å². The molecule has 0 saturated carbocycles. The van der Waals surface area contributed by atoms with Gasteiger partial charge in [0.25, 0.3) is 0 Å². The van der Waals surface area contributed by atoms with Crippen LogP contribution in [0.1, 0.15) is 5.56 Å². The van der Waals surface area contributed by atoms with Crippen molar-refractivity contribution in [2.75, 3.05) is 4.90 Å². The number of phenolic OH excluding ortho intramolecular Hbond substituents is 1. The Morgan fingerprint density at radius 3 is 2.50 bits per heavy atom. The second-order valence-electron chi connectivity index (χ2n) is 4.93. The first-order valence-corrected chi connectivity index (χ1v) is 8.32. The SMILES string of the molecule is Oc1ccc(CC2=NNC(C=S)N2c2ccc(I)cc2)cc1. The Morgan fingerprint density at radius 1 is 1.18 bits per heavy atom. The van der Waals surface area contributed by atoms with Crippen molar-refractivity contribution in [3.8, 4) is 5.75 Å². The van der Waals surface area contributed by atoms with E-state index in [1.54, 1.807) is 17.5 Å². The Morgan fingerprint density at radius 2 is 1.86 bits per heavy atom. The lowest BCUT2D eigenvalue weighted by atomic mass is 10.1. The third-order valence-corrected chi connectivity index (χ3v) is 4.39. The average molecular weight is 423 g/mol. The molecule has 0 aromatic heterocycles. The van der Waals surface area contributed by atoms with Crippen molar-refractivity contribution < 1.29 is 5.11 Å². The van der Waals surface area contributed by atoms with E-state index in [4.69, 9.17) is 12.2 Å². The Kier molecular flexibility index (Phi) is 4.58. The molecule has 1 aliphatic heterocycles. The van der Waals surface area contributed by atoms with Crippen molar-refractivity contribution in [2.24, 2.45) is 5.10 Å². The predicted molar refractivity (Wildman–Crippen MR) is 101 cm³/mol. The van der Waals surface area contributed by atoms with E-state index in [0.717, 1.165) is 17.1 Å². The Hall–Kier alpha value is -1.67. The number of rotatable bonds is 4. The standard InChI is InChI=1S/C16H14IN3OS/c17-12-3-5-13(6-4-12)20-15(18-19-16(20)10-22)9-11-1-7-14(21)8-2-11/h1-8,10,16,19,21H,9H2. The molecule has 0 bridgehead atoms. The molecule has 1 unspecified atom stereocenters. The zero-order chi connectivity index (χ0) is 15.5. The largest absolute Gasteiger partial charge is 0.508 e. The summed E-state index contributed by atoms with van der Waals surface area (Å²) >= 11 is 7.40. The van der Waals surface area contributed by atoms with Crippen LogP contribution in [0.4, 0.5) is 5.69 Å². The summed E-state index contributed by atoms with van der Waals surface area (Å²) in [7, 11) is 0. The van der Waals surface area contributed by atoms with Crippen molar-refractivity contribution in [1.82, 2.24) is 5.43 Å². The molecule has 0 fully saturated rings. The molecule has 1 aliphatic rings. The fourth-order valence-corrected chi connectivity index (χ4v) is 2.88. The average Bonchev–Trinajstić information content (AvgIpc) is 2.93. The van der Waals surface area contributed by atoms with Gasteiger partial charge in [-0.2, -0.15) is 5.10 Å². The monoisotopic (exact) mass is 423 g/mol. The van der Waals surface area contributed by atoms with Gasteiger partial charge in [-0.3, -0.25) is 5.43 Å². The highest BCUT2D eigenvalue weighted by Gasteiger charge is 2.27. The Labute approximate surface area is 148 Å². The number of hydrogen-bond donors (Lipinski definition) is 2. The van der Waals surface area contributed by atoms with Gasteiger partial charge in [0, 0.05) is 21.0 Å². The van der Waals surface area contributed by atoms with E-state index in [0.29, 0.717) is 6.42 Å². The van der Waals surface area contributed by atoms with Crippen LogP contribution in [-0.2, 0) is 6.42 Å². The van der Waals surface area contributed by atoms with E-state index in [1.807, 2.05) is 12.1 Å². The minimum atomic E-state index is -0.123. The molecule has 2 aromatic carbocycles. The number of benzene rings is 2. The molecule has 1 heterocycles. The molecular weight excluding hydrogens is 409 g/mol. The van der Waals surface area contributed by atoms with Crippen molar-refractivity contribution in [1.29, 1.82) is 0 Å². The van der Waals surface area contributed by atoms with Crippen LogP contribution < -0.4 is 10.3 Å². The molecule has 1 atom stereocenters. The predicted octanol–water partition coefficient (Wildman–Crippen LogP) is 3.29. The molecule has 6 heteroatoms. The third-order valence-electron chi connectivity index (χ3n) is 3.41. The molecule has 4 nitrogen and oxygen atoms in total. The fraction of sp³-hybridized carbons (Fsp3) is 0.125. The molecule has 112 valence electrons. The minimum absolute atomic E-state index is 0.123. The third kappa shape index (κ3) is 3.22. The van der Waals surface area contributed by atoms with Gasteiger partial charge in [0.1, 0.15) is 17.8 Å². The summed E-state index contributed by atoms with van der Waals surface area (Å²) in [6.07, 6.45) is 0.543. The summed E-state index contributed by atoms with van der Waals surface area (Å²) in [5, 5.41) is 15.5. The first-order chi connectivity index (χ1) is 10.7. The molecule has 0 spiro atoms. The van der Waals surface area contributed by atoms with Crippen LogP contribution in [-0.4, -0.2) is 22.5 Å². The number of hydrogen-bond acceptors (Lipinski definition) is 5. The number of aromatic hydroxyl groups is 1. The molecule has 0 amide bonds. The summed E-state index contributed by atoms with van der Waals surface area (Å²) in [6, 6.07) is 15.4. The molecule has 22 heavy (non-hydrogen) atoms. The number of nitrogens with one attached hydrogen (secondary N) is 1. The number of phenols is 1. The summed E-state index contributed by atoms with van der Waals surface area (Å²) in [5.74, 6) is 1.17. The van der Waals surface area contributed by atoms with Gasteiger partial charge < -0.3 is 10.0 Å². The zero-order valence-electron chi connectivity index (χ0n) is 11.6. The van der Waals surface area contributed by atoms with Gasteiger partial charge in [-0.05, 0) is 64.6 Å². The van der Waals surface area contributed by atoms with E-state index >= 15 is 0 Å². The van der Waals surface area contributed by atoms with E-state index in [9.17, 15) is 5.11 Å². The lowest BCUT2D eigenvalue weighted by Gasteiger charge is -2.24. The van der Waals surface area contributed by atoms with Crippen LogP contribution in [0.5, 0.6) is 5.75 Å². The molecule has 0 radical (unpaired) electrons. The van der Waals surface area contributed by atoms with E-state index in [-0.39, 0.29) is 11.9 Å². The van der Waals surface area contributed by atoms with Gasteiger partial charge in [-0.25, -0.2) is 0 Å². The fourth-order valence-electron chi connectivity index (χ4n) is 2.34. The van der Waals surface area contributed by atoms with Gasteiger partial charge in [0.2, 0.25) is 0 Å². The molecular formula is C16H14IN3OS. The van der Waals surface area contributed by atoms with E-state index in [2.05, 4.69) is 62.3 Å². The van der Waals surface area contributed by atoms with Crippen molar-refractivity contribution in [3.63, 3.8) is 0 Å². The summed E-state index contributed by atoms with van der Waals surface area (Å²) in [4.78, 5) is 2.09. The van der Waals surface area contributed by atoms with Crippen molar-refractivity contribution >= 4 is 51.7 Å². The quantitative estimate of drug-likeness (QED) is 0.586. The number of amidine groups is 1. The molecule has 0 aliphatic carbocycles. The van der Waals surface area contributed by atoms with Crippen molar-refractivity contribution in [2.45, 2.75) is 12.6 Å². The van der Waals surface area contributed by atoms with Crippen LogP contribution in [0.25, 0.3) is 0 Å². The van der Waals surface area contributed by atoms with E-state index < -0.39 is 0 Å². The molecule has 0 saturated heterocycles. The van der Waals surface area contributed by atoms with Crippen LogP contribution >= 0.6 is 34.8 Å². The number of anilines is 1. The first kappa shape index (κ1) is 15.2. The van der Waals surface area contributed by atoms with Gasteiger partial charge in [0.05, 0.1) is 0 Å². The number of nitrogens with zero attached hydrogens (tertiary/aromatic N) is 2. The maximum Gasteiger partial charge on any atom is 0.150 e. The highest BCUT2D eigenvalue weighted by atomic mass is 127. The minimum Gasteiger partial charge on any atom is -0.508 e. The molecule has 3 rings (SSSR count). The zero-order valence-corrected chi connectivity index (χ0v) is 14.6. The molecule has 2 aromatic rings. The van der Waals surface area contributed by atoms with Gasteiger partial charge in [-0.1, -0.05) is 24.4 Å². The summed E-state index contributed by atoms with van der Waals surface area (Å²) in [6.45, 7) is 0. The van der Waals surface area contributed by atoms with Crippen molar-refractivity contribution in [3.05, 3.63) is 57.7 Å². The lowest BCUT2D eigenvalue weighted by Crippen LogP contribution is -2.41. The van der Waals surface area contributed by atoms with Crippen LogP contribution in [0.2, 0.25) is 0 Å². The van der Waals surface area contributed by atoms with Gasteiger partial charge >= 0.3 is 0 Å². The second-order valence-corrected chi connectivity index (χ2v) is 6.45. The Bertz CT molecular complexity index is 700. The smallest absolute Gasteiger partial charge is 0.150 e. The van der Waals surface area contributed by atoms with Crippen LogP contribution in [0.15, 0.2) is 53.6 Å². The topological polar surface area (TPSA) is 47.9 Å². The summed E-state index contributed by atoms with van der Waals surface area (Å²) < 4.78 is 1.18. The van der Waals surface area contributed by atoms with Gasteiger partial charge in [0.15, 0.2) is 0 Å². The Balaban J connectivity index is 1.87. The normalized spacial score (nSPS) is 17.0. The number of hydrazone groups is 1. The highest BCUT2D eigenvalue weighted by Crippen LogP contribution is 2.23. The van der Waals surface area contributed by atoms with Gasteiger partial charge in [-0.15, -0.1) is 0 Å². The number of thiocarbonyl (C=S) groups is 1. The highest BCUT2D eigenvalue weighted by molar-refractivity contribution is 14.1. The second kappa shape index (κ2) is 6.62.